The van der Waals surface area contributed by atoms with Crippen LogP contribution in [0.1, 0.15) is 124 Å². The number of carbonyl (C=O) groups is 1. The second kappa shape index (κ2) is 13.0. The molecule has 0 spiro atoms. The maximum Gasteiger partial charge on any atom is 0.218 e. The lowest BCUT2D eigenvalue weighted by molar-refractivity contribution is -0.300. The molecule has 0 amide bonds. The van der Waals surface area contributed by atoms with Gasteiger partial charge < -0.3 is 5.11 Å². The highest BCUT2D eigenvalue weighted by Crippen LogP contribution is 2.44. The Morgan fingerprint density at radius 2 is 1.17 bits per heavy atom. The van der Waals surface area contributed by atoms with Crippen LogP contribution in [0.2, 0.25) is 0 Å². The summed E-state index contributed by atoms with van der Waals surface area (Å²) in [4.78, 5) is 18.6. The molecule has 0 N–H and O–H groups in total. The number of Topliss-reactive ketones (excluding diaryl/α,β-unsaturated/α-hetero) is 1. The van der Waals surface area contributed by atoms with Gasteiger partial charge >= 0.3 is 0 Å². The first-order valence-electron chi connectivity index (χ1n) is 15.5. The van der Waals surface area contributed by atoms with Gasteiger partial charge in [-0.25, -0.2) is 0 Å². The van der Waals surface area contributed by atoms with Crippen LogP contribution in [0.5, 0.6) is 0 Å². The van der Waals surface area contributed by atoms with Gasteiger partial charge in [-0.1, -0.05) is 101 Å². The summed E-state index contributed by atoms with van der Waals surface area (Å²) in [7, 11) is 0. The van der Waals surface area contributed by atoms with Crippen molar-refractivity contribution in [1.29, 1.82) is 0 Å². The highest BCUT2D eigenvalue weighted by Gasteiger charge is 2.28. The number of hydrogen-bond donors (Lipinski definition) is 0. The molecule has 42 heavy (non-hydrogen) atoms. The third-order valence-electron chi connectivity index (χ3n) is 7.09. The van der Waals surface area contributed by atoms with E-state index >= 15 is 0 Å². The first-order valence-corrected chi connectivity index (χ1v) is 17.2. The van der Waals surface area contributed by atoms with Gasteiger partial charge in [0.15, 0.2) is 5.78 Å². The summed E-state index contributed by atoms with van der Waals surface area (Å²) in [5.74, 6) is -0.274. The van der Waals surface area contributed by atoms with E-state index in [2.05, 4.69) is 107 Å². The van der Waals surface area contributed by atoms with E-state index in [1.54, 1.807) is 0 Å². The van der Waals surface area contributed by atoms with E-state index in [0.717, 1.165) is 49.7 Å². The van der Waals surface area contributed by atoms with Crippen molar-refractivity contribution in [2.45, 2.75) is 122 Å². The van der Waals surface area contributed by atoms with Gasteiger partial charge in [-0.3, -0.25) is 4.79 Å². The number of ketones is 1. The van der Waals surface area contributed by atoms with Crippen LogP contribution in [0.25, 0.3) is 6.08 Å². The van der Waals surface area contributed by atoms with Crippen molar-refractivity contribution < 1.29 is 9.90 Å². The summed E-state index contributed by atoms with van der Waals surface area (Å²) >= 11 is 3.73. The minimum atomic E-state index is -0.137. The second-order valence-corrected chi connectivity index (χ2v) is 19.5. The molecule has 0 fully saturated rings. The molecule has 2 heterocycles. The third-order valence-corrected chi connectivity index (χ3v) is 9.30. The molecule has 0 saturated heterocycles. The van der Waals surface area contributed by atoms with Gasteiger partial charge in [0, 0.05) is 36.1 Å². The van der Waals surface area contributed by atoms with Gasteiger partial charge in [-0.2, -0.15) is 0 Å². The van der Waals surface area contributed by atoms with E-state index in [1.807, 2.05) is 35.3 Å². The monoisotopic (exact) mass is 606 g/mol. The van der Waals surface area contributed by atoms with E-state index in [-0.39, 0.29) is 33.2 Å². The van der Waals surface area contributed by atoms with Crippen molar-refractivity contribution in [1.82, 2.24) is 0 Å². The quantitative estimate of drug-likeness (QED) is 0.218. The highest BCUT2D eigenvalue weighted by atomic mass is 32.2. The molecule has 0 atom stereocenters. The smallest absolute Gasteiger partial charge is 0.218 e. The predicted molar refractivity (Wildman–Crippen MR) is 184 cm³/mol. The average Bonchev–Trinajstić information content (AvgIpc) is 2.80. The van der Waals surface area contributed by atoms with Crippen molar-refractivity contribution in [3.63, 3.8) is 0 Å². The van der Waals surface area contributed by atoms with E-state index in [1.165, 1.54) is 19.6 Å². The second-order valence-electron chi connectivity index (χ2n) is 17.0. The SMILES string of the molecule is CC(C)(C)CCc1cc(C=C2C(=O)C(C=C3C=C(CC(C)(C)C)SC(CC(C)(C)C)=C3)=C2[O-])cc(CCC(C)(C)C)[s+]1. The summed E-state index contributed by atoms with van der Waals surface area (Å²) in [6.07, 6.45) is 14.1. The lowest BCUT2D eigenvalue weighted by atomic mass is 9.85. The molecule has 0 aromatic carbocycles. The van der Waals surface area contributed by atoms with Crippen molar-refractivity contribution in [3.05, 3.63) is 78.0 Å². The summed E-state index contributed by atoms with van der Waals surface area (Å²) in [5.41, 5.74) is 3.37. The topological polar surface area (TPSA) is 40.1 Å². The summed E-state index contributed by atoms with van der Waals surface area (Å²) in [6.45, 7) is 27.1. The predicted octanol–water partition coefficient (Wildman–Crippen LogP) is 10.9. The molecule has 3 rings (SSSR count). The molecular formula is C38H54O2S2. The van der Waals surface area contributed by atoms with Crippen LogP contribution in [-0.4, -0.2) is 5.78 Å². The van der Waals surface area contributed by atoms with Crippen LogP contribution >= 0.6 is 23.1 Å². The number of rotatable bonds is 8. The molecule has 4 heteroatoms. The van der Waals surface area contributed by atoms with Gasteiger partial charge in [0.1, 0.15) is 0 Å². The number of hydrogen-bond acceptors (Lipinski definition) is 3. The van der Waals surface area contributed by atoms with Crippen LogP contribution in [0.15, 0.2) is 62.6 Å². The fourth-order valence-electron chi connectivity index (χ4n) is 4.94. The van der Waals surface area contributed by atoms with Crippen LogP contribution in [0, 0.1) is 21.7 Å². The molecule has 0 bridgehead atoms. The maximum atomic E-state index is 13.3. The van der Waals surface area contributed by atoms with Crippen molar-refractivity contribution in [2.75, 3.05) is 0 Å². The van der Waals surface area contributed by atoms with Crippen molar-refractivity contribution in [3.8, 4) is 0 Å². The van der Waals surface area contributed by atoms with Gasteiger partial charge in [0.2, 0.25) is 21.1 Å². The van der Waals surface area contributed by atoms with Gasteiger partial charge in [-0.15, -0.1) is 0 Å². The zero-order valence-electron chi connectivity index (χ0n) is 28.3. The van der Waals surface area contributed by atoms with E-state index in [0.29, 0.717) is 11.1 Å². The zero-order chi connectivity index (χ0) is 31.7. The van der Waals surface area contributed by atoms with E-state index in [4.69, 9.17) is 0 Å². The Morgan fingerprint density at radius 1 is 0.714 bits per heavy atom. The van der Waals surface area contributed by atoms with Gasteiger partial charge in [0.05, 0.1) is 0 Å². The summed E-state index contributed by atoms with van der Waals surface area (Å²) < 4.78 is 0. The first kappa shape index (κ1) is 34.6. The normalized spacial score (nSPS) is 17.9. The van der Waals surface area contributed by atoms with Gasteiger partial charge in [-0.05, 0) is 92.6 Å². The van der Waals surface area contributed by atoms with Crippen molar-refractivity contribution in [2.24, 2.45) is 21.7 Å². The lowest BCUT2D eigenvalue weighted by Crippen LogP contribution is -2.29. The minimum Gasteiger partial charge on any atom is -0.871 e. The van der Waals surface area contributed by atoms with Crippen LogP contribution in [0.3, 0.4) is 0 Å². The molecule has 2 nitrogen and oxygen atoms in total. The van der Waals surface area contributed by atoms with Crippen LogP contribution in [0.4, 0.5) is 0 Å². The average molecular weight is 607 g/mol. The molecule has 2 aliphatic rings. The Hall–Kier alpha value is -1.91. The summed E-state index contributed by atoms with van der Waals surface area (Å²) in [5, 5.41) is 13.3. The zero-order valence-corrected chi connectivity index (χ0v) is 30.0. The molecule has 1 aliphatic carbocycles. The number of allylic oxidation sites excluding steroid dienone is 8. The molecule has 0 saturated carbocycles. The molecule has 1 aliphatic heterocycles. The Balaban J connectivity index is 1.96. The van der Waals surface area contributed by atoms with Crippen molar-refractivity contribution >= 4 is 35.0 Å². The summed E-state index contributed by atoms with van der Waals surface area (Å²) in [6, 6.07) is 4.37. The molecule has 0 unspecified atom stereocenters. The number of thioether (sulfide) groups is 1. The molecule has 1 aromatic heterocycles. The van der Waals surface area contributed by atoms with E-state index in [9.17, 15) is 9.90 Å². The third kappa shape index (κ3) is 11.3. The standard InChI is InChI=1S/C38H54O2S2/c1-35(2,3)15-13-27-17-25(18-28(41-27)14-16-36(4,5)6)21-31-33(39)32(34(31)40)22-26-19-29(23-37(7,8)9)42-30(20-26)24-38(10,11)12/h17-22H,13-16,23-24H2,1-12H3. The molecular weight excluding hydrogens is 553 g/mol. The Labute approximate surface area is 265 Å². The van der Waals surface area contributed by atoms with E-state index < -0.39 is 0 Å². The maximum absolute atomic E-state index is 13.3. The Bertz CT molecular complexity index is 1270. The minimum absolute atomic E-state index is 0.137. The fraction of sp³-hybridized carbons (Fsp3) is 0.579. The molecule has 230 valence electrons. The lowest BCUT2D eigenvalue weighted by Gasteiger charge is -2.30. The highest BCUT2D eigenvalue weighted by molar-refractivity contribution is 8.06. The largest absolute Gasteiger partial charge is 0.871 e. The molecule has 0 radical (unpaired) electrons. The number of carbonyl (C=O) groups excluding carboxylic acids is 1. The fourth-order valence-corrected chi connectivity index (χ4v) is 7.81. The molecule has 1 aromatic rings. The van der Waals surface area contributed by atoms with Crippen LogP contribution in [-0.2, 0) is 17.6 Å². The first-order chi connectivity index (χ1) is 19.1. The number of aryl methyl sites for hydroxylation is 2. The Morgan fingerprint density at radius 3 is 1.55 bits per heavy atom. The van der Waals surface area contributed by atoms with Crippen LogP contribution < -0.4 is 5.11 Å². The Kier molecular flexibility index (Phi) is 10.7. The van der Waals surface area contributed by atoms with Gasteiger partial charge in [0.25, 0.3) is 0 Å².